The maximum atomic E-state index is 12.5. The van der Waals surface area contributed by atoms with Crippen LogP contribution in [-0.2, 0) is 9.59 Å². The Kier molecular flexibility index (Phi) is 4.02. The van der Waals surface area contributed by atoms with Gasteiger partial charge in [0.2, 0.25) is 0 Å². The first-order valence-corrected chi connectivity index (χ1v) is 11.1. The van der Waals surface area contributed by atoms with Crippen LogP contribution in [0.1, 0.15) is 71.8 Å². The Morgan fingerprint density at radius 2 is 2.00 bits per heavy atom. The first-order valence-electron chi connectivity index (χ1n) is 11.1. The molecule has 0 N–H and O–H groups in total. The Morgan fingerprint density at radius 1 is 1.18 bits per heavy atom. The lowest BCUT2D eigenvalue weighted by atomic mass is 9.45. The largest absolute Gasteiger partial charge is 0.333 e. The summed E-state index contributed by atoms with van der Waals surface area (Å²) in [4.78, 5) is 29.2. The number of carbonyl (C=O) groups excluding carboxylic acids is 2. The van der Waals surface area contributed by atoms with Crippen LogP contribution in [0.3, 0.4) is 0 Å². The molecule has 7 atom stereocenters. The summed E-state index contributed by atoms with van der Waals surface area (Å²) >= 11 is 0. The topological polar surface area (TPSA) is 52.0 Å². The highest BCUT2D eigenvalue weighted by Gasteiger charge is 2.61. The highest BCUT2D eigenvalue weighted by molar-refractivity contribution is 5.92. The highest BCUT2D eigenvalue weighted by Crippen LogP contribution is 2.68. The van der Waals surface area contributed by atoms with E-state index in [0.717, 1.165) is 19.3 Å². The van der Waals surface area contributed by atoms with Gasteiger partial charge >= 0.3 is 0 Å². The lowest BCUT2D eigenvalue weighted by molar-refractivity contribution is -0.130. The summed E-state index contributed by atoms with van der Waals surface area (Å²) in [5, 5.41) is 0. The Morgan fingerprint density at radius 3 is 2.71 bits per heavy atom. The Bertz CT molecular complexity index is 841. The van der Waals surface area contributed by atoms with E-state index in [1.54, 1.807) is 6.92 Å². The summed E-state index contributed by atoms with van der Waals surface area (Å²) in [7, 11) is 0. The van der Waals surface area contributed by atoms with E-state index >= 15 is 0 Å². The van der Waals surface area contributed by atoms with E-state index in [2.05, 4.69) is 23.4 Å². The SMILES string of the molecule is CC(=O)[C@H]1CC[C@H]2[C@@H]3CCC4=CC(=O)CC(n5ccnc5)[C@]4(C)[C@H]3CC[C@]12C. The van der Waals surface area contributed by atoms with Crippen LogP contribution < -0.4 is 0 Å². The van der Waals surface area contributed by atoms with Gasteiger partial charge in [-0.3, -0.25) is 9.59 Å². The minimum atomic E-state index is 0.0210. The fraction of sp³-hybridized carbons (Fsp3) is 0.708. The van der Waals surface area contributed by atoms with E-state index in [0.29, 0.717) is 30.0 Å². The molecule has 150 valence electrons. The molecule has 3 saturated carbocycles. The number of ketones is 2. The van der Waals surface area contributed by atoms with Crippen molar-refractivity contribution in [2.75, 3.05) is 0 Å². The third-order valence-electron chi connectivity index (χ3n) is 9.44. The Labute approximate surface area is 167 Å². The van der Waals surface area contributed by atoms with Crippen LogP contribution in [0.2, 0.25) is 0 Å². The molecule has 4 aliphatic carbocycles. The van der Waals surface area contributed by atoms with Gasteiger partial charge in [-0.2, -0.15) is 0 Å². The molecular weight excluding hydrogens is 348 g/mol. The van der Waals surface area contributed by atoms with Gasteiger partial charge in [0.15, 0.2) is 5.78 Å². The van der Waals surface area contributed by atoms with Crippen molar-refractivity contribution in [3.8, 4) is 0 Å². The smallest absolute Gasteiger partial charge is 0.157 e. The lowest BCUT2D eigenvalue weighted by Crippen LogP contribution is -2.54. The van der Waals surface area contributed by atoms with E-state index in [9.17, 15) is 9.59 Å². The number of rotatable bonds is 2. The molecule has 5 rings (SSSR count). The molecule has 1 heterocycles. The predicted molar refractivity (Wildman–Crippen MR) is 108 cm³/mol. The molecule has 0 aromatic carbocycles. The molecule has 0 aliphatic heterocycles. The van der Waals surface area contributed by atoms with Gasteiger partial charge in [0.25, 0.3) is 0 Å². The number of allylic oxidation sites excluding steroid dienone is 1. The van der Waals surface area contributed by atoms with Crippen LogP contribution >= 0.6 is 0 Å². The first-order chi connectivity index (χ1) is 13.4. The van der Waals surface area contributed by atoms with Crippen molar-refractivity contribution in [2.45, 2.75) is 71.8 Å². The van der Waals surface area contributed by atoms with Crippen LogP contribution in [0.5, 0.6) is 0 Å². The maximum absolute atomic E-state index is 12.5. The van der Waals surface area contributed by atoms with Crippen molar-refractivity contribution in [3.05, 3.63) is 30.4 Å². The van der Waals surface area contributed by atoms with E-state index in [-0.39, 0.29) is 28.6 Å². The molecule has 1 aromatic rings. The Hall–Kier alpha value is -1.71. The van der Waals surface area contributed by atoms with Crippen molar-refractivity contribution >= 4 is 11.6 Å². The number of imidazole rings is 1. The lowest BCUT2D eigenvalue weighted by Gasteiger charge is -2.60. The van der Waals surface area contributed by atoms with Crippen molar-refractivity contribution in [3.63, 3.8) is 0 Å². The van der Waals surface area contributed by atoms with Crippen LogP contribution in [0.4, 0.5) is 0 Å². The summed E-state index contributed by atoms with van der Waals surface area (Å²) in [6, 6.07) is 0.171. The maximum Gasteiger partial charge on any atom is 0.157 e. The van der Waals surface area contributed by atoms with Gasteiger partial charge in [-0.05, 0) is 74.7 Å². The van der Waals surface area contributed by atoms with Crippen LogP contribution in [-0.4, -0.2) is 21.1 Å². The minimum absolute atomic E-state index is 0.0210. The van der Waals surface area contributed by atoms with Gasteiger partial charge in [-0.15, -0.1) is 0 Å². The average Bonchev–Trinajstić information content (AvgIpc) is 3.28. The molecule has 4 nitrogen and oxygen atoms in total. The van der Waals surface area contributed by atoms with Crippen molar-refractivity contribution in [2.24, 2.45) is 34.5 Å². The van der Waals surface area contributed by atoms with E-state index in [1.807, 2.05) is 24.8 Å². The third kappa shape index (κ3) is 2.32. The molecule has 1 aromatic heterocycles. The minimum Gasteiger partial charge on any atom is -0.333 e. The standard InChI is InChI=1S/C24H32N2O2/c1-15(27)19-6-7-20-18-5-4-16-12-17(28)13-22(26-11-10-25-14-26)24(16,3)21(18)8-9-23(19,20)2/h10-12,14,18-22H,4-9,13H2,1-3H3/t18-,19+,20-,21-,22?,23+,24-/m0/s1. The van der Waals surface area contributed by atoms with Gasteiger partial charge in [0.1, 0.15) is 5.78 Å². The molecule has 3 fully saturated rings. The van der Waals surface area contributed by atoms with Gasteiger partial charge in [-0.25, -0.2) is 4.98 Å². The summed E-state index contributed by atoms with van der Waals surface area (Å²) in [5.74, 6) is 2.83. The summed E-state index contributed by atoms with van der Waals surface area (Å²) in [6.07, 6.45) is 15.1. The summed E-state index contributed by atoms with van der Waals surface area (Å²) in [5.41, 5.74) is 1.57. The second-order valence-electron chi connectivity index (χ2n) is 10.3. The normalized spacial score (nSPS) is 45.0. The summed E-state index contributed by atoms with van der Waals surface area (Å²) in [6.45, 7) is 6.63. The van der Waals surface area contributed by atoms with Gasteiger partial charge in [0, 0.05) is 30.1 Å². The van der Waals surface area contributed by atoms with Gasteiger partial charge in [-0.1, -0.05) is 19.4 Å². The predicted octanol–water partition coefficient (Wildman–Crippen LogP) is 4.77. The molecule has 28 heavy (non-hydrogen) atoms. The molecule has 0 spiro atoms. The molecule has 0 radical (unpaired) electrons. The van der Waals surface area contributed by atoms with Crippen molar-refractivity contribution < 1.29 is 9.59 Å². The number of Topliss-reactive ketones (excluding diaryl/α,β-unsaturated/α-hetero) is 1. The monoisotopic (exact) mass is 380 g/mol. The zero-order chi connectivity index (χ0) is 19.7. The van der Waals surface area contributed by atoms with Crippen LogP contribution in [0.25, 0.3) is 0 Å². The zero-order valence-corrected chi connectivity index (χ0v) is 17.4. The van der Waals surface area contributed by atoms with E-state index in [4.69, 9.17) is 0 Å². The van der Waals surface area contributed by atoms with E-state index in [1.165, 1.54) is 24.8 Å². The number of hydrogen-bond donors (Lipinski definition) is 0. The summed E-state index contributed by atoms with van der Waals surface area (Å²) < 4.78 is 2.19. The van der Waals surface area contributed by atoms with Crippen molar-refractivity contribution in [1.29, 1.82) is 0 Å². The quantitative estimate of drug-likeness (QED) is 0.742. The fourth-order valence-electron chi connectivity index (χ4n) is 8.15. The average molecular weight is 381 g/mol. The number of aromatic nitrogens is 2. The number of hydrogen-bond acceptors (Lipinski definition) is 3. The van der Waals surface area contributed by atoms with E-state index < -0.39 is 0 Å². The molecule has 4 aliphatic rings. The molecule has 0 bridgehead atoms. The van der Waals surface area contributed by atoms with Crippen molar-refractivity contribution in [1.82, 2.24) is 9.55 Å². The molecule has 1 unspecified atom stereocenters. The molecule has 0 saturated heterocycles. The van der Waals surface area contributed by atoms with Gasteiger partial charge in [0.05, 0.1) is 12.4 Å². The second kappa shape index (κ2) is 6.14. The molecule has 4 heteroatoms. The molecular formula is C24H32N2O2. The van der Waals surface area contributed by atoms with Crippen LogP contribution in [0.15, 0.2) is 30.4 Å². The zero-order valence-electron chi connectivity index (χ0n) is 17.4. The number of nitrogens with zero attached hydrogens (tertiary/aromatic N) is 2. The fourth-order valence-corrected chi connectivity index (χ4v) is 8.15. The second-order valence-corrected chi connectivity index (χ2v) is 10.3. The molecule has 0 amide bonds. The highest BCUT2D eigenvalue weighted by atomic mass is 16.1. The van der Waals surface area contributed by atoms with Crippen LogP contribution in [0, 0.1) is 34.5 Å². The number of fused-ring (bicyclic) bond motifs is 5. The number of carbonyl (C=O) groups is 2. The van der Waals surface area contributed by atoms with Gasteiger partial charge < -0.3 is 4.57 Å². The Balaban J connectivity index is 1.55. The third-order valence-corrected chi connectivity index (χ3v) is 9.44. The first kappa shape index (κ1) is 18.3.